The van der Waals surface area contributed by atoms with Gasteiger partial charge >= 0.3 is 0 Å². The molecule has 4 nitrogen and oxygen atoms in total. The summed E-state index contributed by atoms with van der Waals surface area (Å²) >= 11 is 3.48. The lowest BCUT2D eigenvalue weighted by atomic mass is 9.85. The van der Waals surface area contributed by atoms with Crippen LogP contribution in [0.3, 0.4) is 0 Å². The molecule has 3 rings (SSSR count). The highest BCUT2D eigenvalue weighted by Gasteiger charge is 2.26. The van der Waals surface area contributed by atoms with Crippen molar-refractivity contribution >= 4 is 33.2 Å². The van der Waals surface area contributed by atoms with Crippen LogP contribution in [0.5, 0.6) is 0 Å². The molecular formula is C15H19BrN2O2. The molecule has 2 fully saturated rings. The molecule has 0 spiro atoms. The predicted octanol–water partition coefficient (Wildman–Crippen LogP) is 3.02. The Balaban J connectivity index is 1.79. The molecular weight excluding hydrogens is 320 g/mol. The fourth-order valence-electron chi connectivity index (χ4n) is 2.59. The Kier molecular flexibility index (Phi) is 4.27. The van der Waals surface area contributed by atoms with E-state index in [4.69, 9.17) is 4.74 Å². The normalized spacial score (nSPS) is 19.6. The minimum absolute atomic E-state index is 0.156. The number of anilines is 2. The maximum atomic E-state index is 12.2. The minimum Gasteiger partial charge on any atom is -0.378 e. The first-order valence-corrected chi connectivity index (χ1v) is 7.96. The van der Waals surface area contributed by atoms with Gasteiger partial charge in [0.2, 0.25) is 5.91 Å². The summed E-state index contributed by atoms with van der Waals surface area (Å²) in [5, 5.41) is 3.10. The van der Waals surface area contributed by atoms with E-state index in [-0.39, 0.29) is 11.8 Å². The van der Waals surface area contributed by atoms with Crippen LogP contribution in [0.4, 0.5) is 11.4 Å². The zero-order chi connectivity index (χ0) is 13.9. The van der Waals surface area contributed by atoms with Crippen LogP contribution in [0.25, 0.3) is 0 Å². The first-order chi connectivity index (χ1) is 9.74. The fourth-order valence-corrected chi connectivity index (χ4v) is 2.95. The summed E-state index contributed by atoms with van der Waals surface area (Å²) in [5.41, 5.74) is 1.99. The lowest BCUT2D eigenvalue weighted by molar-refractivity contribution is -0.122. The molecule has 0 aromatic heterocycles. The molecule has 5 heteroatoms. The molecule has 0 bridgehead atoms. The number of morpholine rings is 1. The molecule has 1 N–H and O–H groups in total. The molecule has 1 aromatic rings. The second-order valence-electron chi connectivity index (χ2n) is 5.38. The molecule has 1 aliphatic heterocycles. The van der Waals surface area contributed by atoms with E-state index in [0.717, 1.165) is 55.0 Å². The van der Waals surface area contributed by atoms with E-state index in [1.54, 1.807) is 0 Å². The van der Waals surface area contributed by atoms with Gasteiger partial charge in [-0.2, -0.15) is 0 Å². The summed E-state index contributed by atoms with van der Waals surface area (Å²) in [7, 11) is 0. The van der Waals surface area contributed by atoms with E-state index in [2.05, 4.69) is 32.2 Å². The van der Waals surface area contributed by atoms with Crippen molar-refractivity contribution in [3.05, 3.63) is 22.7 Å². The van der Waals surface area contributed by atoms with E-state index >= 15 is 0 Å². The second kappa shape index (κ2) is 6.14. The van der Waals surface area contributed by atoms with Gasteiger partial charge in [-0.15, -0.1) is 0 Å². The van der Waals surface area contributed by atoms with Gasteiger partial charge in [0.15, 0.2) is 0 Å². The van der Waals surface area contributed by atoms with Crippen molar-refractivity contribution in [3.63, 3.8) is 0 Å². The van der Waals surface area contributed by atoms with E-state index in [0.29, 0.717) is 0 Å². The highest BCUT2D eigenvalue weighted by molar-refractivity contribution is 9.10. The molecule has 1 aromatic carbocycles. The van der Waals surface area contributed by atoms with Gasteiger partial charge in [-0.3, -0.25) is 4.79 Å². The zero-order valence-electron chi connectivity index (χ0n) is 11.4. The van der Waals surface area contributed by atoms with Gasteiger partial charge in [0.1, 0.15) is 0 Å². The van der Waals surface area contributed by atoms with Crippen molar-refractivity contribution in [3.8, 4) is 0 Å². The molecule has 1 aliphatic carbocycles. The number of nitrogens with one attached hydrogen (secondary N) is 1. The van der Waals surface area contributed by atoms with Crippen LogP contribution in [-0.4, -0.2) is 32.2 Å². The predicted molar refractivity (Wildman–Crippen MR) is 83.1 cm³/mol. The third kappa shape index (κ3) is 2.99. The van der Waals surface area contributed by atoms with E-state index in [9.17, 15) is 4.79 Å². The van der Waals surface area contributed by atoms with Gasteiger partial charge in [-0.1, -0.05) is 22.4 Å². The van der Waals surface area contributed by atoms with Crippen molar-refractivity contribution in [2.45, 2.75) is 19.3 Å². The molecule has 0 radical (unpaired) electrons. The standard InChI is InChI=1S/C15H19BrN2O2/c16-12-4-5-14(18-6-8-20-9-7-18)13(10-12)17-15(19)11-2-1-3-11/h4-5,10-11H,1-3,6-9H2,(H,17,19). The topological polar surface area (TPSA) is 41.6 Å². The summed E-state index contributed by atoms with van der Waals surface area (Å²) in [5.74, 6) is 0.357. The summed E-state index contributed by atoms with van der Waals surface area (Å²) in [6.45, 7) is 3.22. The molecule has 1 amide bonds. The van der Waals surface area contributed by atoms with Crippen molar-refractivity contribution in [1.29, 1.82) is 0 Å². The first-order valence-electron chi connectivity index (χ1n) is 7.17. The Hall–Kier alpha value is -1.07. The second-order valence-corrected chi connectivity index (χ2v) is 6.29. The Bertz CT molecular complexity index is 497. The first kappa shape index (κ1) is 13.9. The van der Waals surface area contributed by atoms with Crippen LogP contribution >= 0.6 is 15.9 Å². The Morgan fingerprint density at radius 3 is 2.70 bits per heavy atom. The summed E-state index contributed by atoms with van der Waals surface area (Å²) in [4.78, 5) is 14.4. The van der Waals surface area contributed by atoms with Gasteiger partial charge in [0.05, 0.1) is 24.6 Å². The smallest absolute Gasteiger partial charge is 0.227 e. The monoisotopic (exact) mass is 338 g/mol. The number of rotatable bonds is 3. The number of ether oxygens (including phenoxy) is 1. The number of halogens is 1. The molecule has 108 valence electrons. The molecule has 0 atom stereocenters. The number of carbonyl (C=O) groups is 1. The number of nitrogens with zero attached hydrogens (tertiary/aromatic N) is 1. The molecule has 0 unspecified atom stereocenters. The maximum Gasteiger partial charge on any atom is 0.227 e. The van der Waals surface area contributed by atoms with E-state index < -0.39 is 0 Å². The van der Waals surface area contributed by atoms with Gasteiger partial charge in [-0.25, -0.2) is 0 Å². The molecule has 2 aliphatic rings. The Morgan fingerprint density at radius 2 is 2.05 bits per heavy atom. The Labute approximate surface area is 127 Å². The number of amides is 1. The van der Waals surface area contributed by atoms with Crippen molar-refractivity contribution in [2.24, 2.45) is 5.92 Å². The largest absolute Gasteiger partial charge is 0.378 e. The van der Waals surface area contributed by atoms with Crippen molar-refractivity contribution in [2.75, 3.05) is 36.5 Å². The quantitative estimate of drug-likeness (QED) is 0.920. The molecule has 1 saturated carbocycles. The van der Waals surface area contributed by atoms with Crippen molar-refractivity contribution < 1.29 is 9.53 Å². The van der Waals surface area contributed by atoms with Crippen LogP contribution in [-0.2, 0) is 9.53 Å². The lowest BCUT2D eigenvalue weighted by Gasteiger charge is -2.31. The van der Waals surface area contributed by atoms with Gasteiger partial charge in [-0.05, 0) is 31.0 Å². The summed E-state index contributed by atoms with van der Waals surface area (Å²) in [6, 6.07) is 6.07. The molecule has 20 heavy (non-hydrogen) atoms. The van der Waals surface area contributed by atoms with Crippen LogP contribution in [0, 0.1) is 5.92 Å². The third-order valence-electron chi connectivity index (χ3n) is 4.04. The minimum atomic E-state index is 0.156. The highest BCUT2D eigenvalue weighted by Crippen LogP contribution is 2.33. The number of hydrogen-bond donors (Lipinski definition) is 1. The maximum absolute atomic E-state index is 12.2. The number of hydrogen-bond acceptors (Lipinski definition) is 3. The van der Waals surface area contributed by atoms with E-state index in [1.807, 2.05) is 12.1 Å². The van der Waals surface area contributed by atoms with Crippen LogP contribution in [0.2, 0.25) is 0 Å². The van der Waals surface area contributed by atoms with Gasteiger partial charge in [0.25, 0.3) is 0 Å². The van der Waals surface area contributed by atoms with Gasteiger partial charge < -0.3 is 15.0 Å². The summed E-state index contributed by atoms with van der Waals surface area (Å²) < 4.78 is 6.38. The third-order valence-corrected chi connectivity index (χ3v) is 4.54. The molecule has 1 saturated heterocycles. The van der Waals surface area contributed by atoms with Gasteiger partial charge in [0, 0.05) is 23.5 Å². The lowest BCUT2D eigenvalue weighted by Crippen LogP contribution is -2.37. The zero-order valence-corrected chi connectivity index (χ0v) is 13.0. The molecule has 1 heterocycles. The average Bonchev–Trinajstić information content (AvgIpc) is 2.37. The van der Waals surface area contributed by atoms with Crippen LogP contribution in [0.1, 0.15) is 19.3 Å². The highest BCUT2D eigenvalue weighted by atomic mass is 79.9. The summed E-state index contributed by atoms with van der Waals surface area (Å²) in [6.07, 6.45) is 3.21. The number of benzene rings is 1. The van der Waals surface area contributed by atoms with Crippen LogP contribution < -0.4 is 10.2 Å². The van der Waals surface area contributed by atoms with E-state index in [1.165, 1.54) is 6.42 Å². The average molecular weight is 339 g/mol. The number of carbonyl (C=O) groups excluding carboxylic acids is 1. The Morgan fingerprint density at radius 1 is 1.30 bits per heavy atom. The fraction of sp³-hybridized carbons (Fsp3) is 0.533. The SMILES string of the molecule is O=C(Nc1cc(Br)ccc1N1CCOCC1)C1CCC1. The van der Waals surface area contributed by atoms with Crippen molar-refractivity contribution in [1.82, 2.24) is 0 Å². The van der Waals surface area contributed by atoms with Crippen LogP contribution in [0.15, 0.2) is 22.7 Å².